The highest BCUT2D eigenvalue weighted by molar-refractivity contribution is 7.85. The van der Waals surface area contributed by atoms with E-state index in [0.717, 1.165) is 31.4 Å². The molecular formula is C15H23NO3S. The van der Waals surface area contributed by atoms with Gasteiger partial charge in [-0.05, 0) is 50.8 Å². The lowest BCUT2D eigenvalue weighted by molar-refractivity contribution is 0.0725. The lowest BCUT2D eigenvalue weighted by Crippen LogP contribution is -2.28. The van der Waals surface area contributed by atoms with Crippen LogP contribution >= 0.6 is 0 Å². The molecule has 0 amide bonds. The molecule has 0 aliphatic heterocycles. The quantitative estimate of drug-likeness (QED) is 0.849. The number of nitrogens with two attached hydrogens (primary N) is 1. The summed E-state index contributed by atoms with van der Waals surface area (Å²) in [5, 5.41) is 0.118. The largest absolute Gasteiger partial charge is 0.494 e. The maximum absolute atomic E-state index is 12.8. The van der Waals surface area contributed by atoms with Crippen molar-refractivity contribution in [2.45, 2.75) is 48.9 Å². The van der Waals surface area contributed by atoms with Crippen molar-refractivity contribution >= 4 is 16.5 Å². The summed E-state index contributed by atoms with van der Waals surface area (Å²) in [6.07, 6.45) is 4.12. The fraction of sp³-hybridized carbons (Fsp3) is 0.600. The van der Waals surface area contributed by atoms with Gasteiger partial charge in [-0.3, -0.25) is 4.21 Å². The first-order valence-electron chi connectivity index (χ1n) is 7.11. The van der Waals surface area contributed by atoms with E-state index in [1.165, 1.54) is 0 Å². The molecule has 1 saturated carbocycles. The normalized spacial score (nSPS) is 24.3. The monoisotopic (exact) mass is 297 g/mol. The smallest absolute Gasteiger partial charge is 0.120 e. The van der Waals surface area contributed by atoms with Crippen LogP contribution in [-0.2, 0) is 15.5 Å². The van der Waals surface area contributed by atoms with E-state index >= 15 is 0 Å². The Labute approximate surface area is 123 Å². The van der Waals surface area contributed by atoms with E-state index in [1.54, 1.807) is 13.2 Å². The number of ether oxygens (including phenoxy) is 2. The average Bonchev–Trinajstić information content (AvgIpc) is 2.49. The van der Waals surface area contributed by atoms with Crippen LogP contribution in [0.1, 0.15) is 32.6 Å². The zero-order valence-corrected chi connectivity index (χ0v) is 12.9. The minimum atomic E-state index is -1.10. The molecule has 0 spiro atoms. The van der Waals surface area contributed by atoms with Crippen molar-refractivity contribution < 1.29 is 13.7 Å². The summed E-state index contributed by atoms with van der Waals surface area (Å²) < 4.78 is 23.6. The van der Waals surface area contributed by atoms with Gasteiger partial charge in [-0.25, -0.2) is 0 Å². The molecule has 1 aliphatic rings. The van der Waals surface area contributed by atoms with Gasteiger partial charge in [-0.15, -0.1) is 0 Å². The average molecular weight is 297 g/mol. The highest BCUT2D eigenvalue weighted by atomic mass is 32.2. The van der Waals surface area contributed by atoms with E-state index in [1.807, 2.05) is 19.1 Å². The van der Waals surface area contributed by atoms with Crippen LogP contribution in [0.25, 0.3) is 0 Å². The van der Waals surface area contributed by atoms with Gasteiger partial charge in [0.1, 0.15) is 5.75 Å². The Morgan fingerprint density at radius 2 is 2.20 bits per heavy atom. The summed E-state index contributed by atoms with van der Waals surface area (Å²) in [6, 6.07) is 5.40. The van der Waals surface area contributed by atoms with Crippen molar-refractivity contribution in [3.05, 3.63) is 18.2 Å². The Bertz CT molecular complexity index is 478. The van der Waals surface area contributed by atoms with Crippen LogP contribution in [0.3, 0.4) is 0 Å². The Hall–Kier alpha value is -1.07. The van der Waals surface area contributed by atoms with Crippen molar-refractivity contribution in [3.8, 4) is 5.75 Å². The van der Waals surface area contributed by atoms with Crippen LogP contribution in [-0.4, -0.2) is 29.3 Å². The van der Waals surface area contributed by atoms with E-state index in [2.05, 4.69) is 0 Å². The molecule has 20 heavy (non-hydrogen) atoms. The van der Waals surface area contributed by atoms with Crippen LogP contribution in [0.15, 0.2) is 23.1 Å². The van der Waals surface area contributed by atoms with Gasteiger partial charge in [0.05, 0.1) is 28.4 Å². The third-order valence-electron chi connectivity index (χ3n) is 3.73. The fourth-order valence-corrected chi connectivity index (χ4v) is 4.30. The molecule has 3 unspecified atom stereocenters. The molecule has 2 N–H and O–H groups in total. The van der Waals surface area contributed by atoms with Gasteiger partial charge in [0.15, 0.2) is 0 Å². The number of rotatable bonds is 5. The van der Waals surface area contributed by atoms with Gasteiger partial charge >= 0.3 is 0 Å². The molecular weight excluding hydrogens is 274 g/mol. The van der Waals surface area contributed by atoms with Crippen molar-refractivity contribution in [1.82, 2.24) is 0 Å². The number of hydrogen-bond acceptors (Lipinski definition) is 4. The van der Waals surface area contributed by atoms with Crippen molar-refractivity contribution in [3.63, 3.8) is 0 Å². The second-order valence-electron chi connectivity index (χ2n) is 5.08. The van der Waals surface area contributed by atoms with Crippen LogP contribution < -0.4 is 10.5 Å². The highest BCUT2D eigenvalue weighted by Crippen LogP contribution is 2.31. The minimum Gasteiger partial charge on any atom is -0.494 e. The van der Waals surface area contributed by atoms with Gasteiger partial charge in [0, 0.05) is 18.0 Å². The molecule has 4 nitrogen and oxygen atoms in total. The third kappa shape index (κ3) is 3.52. The van der Waals surface area contributed by atoms with Crippen molar-refractivity contribution in [2.75, 3.05) is 19.5 Å². The minimum absolute atomic E-state index is 0.118. The number of anilines is 1. The fourth-order valence-electron chi connectivity index (χ4n) is 2.64. The first-order valence-corrected chi connectivity index (χ1v) is 8.32. The maximum Gasteiger partial charge on any atom is 0.120 e. The molecule has 2 rings (SSSR count). The second-order valence-corrected chi connectivity index (χ2v) is 6.78. The Morgan fingerprint density at radius 1 is 1.40 bits per heavy atom. The standard InChI is InChI=1S/C15H23NO3S/c1-3-19-12-7-8-14(16)15(10-12)20(17)13-6-4-5-11(9-13)18-2/h7-8,10-11,13H,3-6,9,16H2,1-2H3. The Morgan fingerprint density at radius 3 is 2.90 bits per heavy atom. The van der Waals surface area contributed by atoms with Crippen molar-refractivity contribution in [1.29, 1.82) is 0 Å². The Kier molecular flexibility index (Phi) is 5.43. The predicted octanol–water partition coefficient (Wildman–Crippen LogP) is 2.73. The van der Waals surface area contributed by atoms with Gasteiger partial charge in [0.25, 0.3) is 0 Å². The molecule has 0 aromatic heterocycles. The van der Waals surface area contributed by atoms with Gasteiger partial charge in [0.2, 0.25) is 0 Å². The molecule has 1 aromatic carbocycles. The van der Waals surface area contributed by atoms with Crippen LogP contribution in [0.4, 0.5) is 5.69 Å². The SMILES string of the molecule is CCOc1ccc(N)c(S(=O)C2CCCC(OC)C2)c1. The molecule has 0 bridgehead atoms. The maximum atomic E-state index is 12.8. The Balaban J connectivity index is 2.17. The third-order valence-corrected chi connectivity index (χ3v) is 5.55. The molecule has 1 fully saturated rings. The molecule has 1 aliphatic carbocycles. The zero-order valence-electron chi connectivity index (χ0n) is 12.1. The van der Waals surface area contributed by atoms with Crippen LogP contribution in [0.2, 0.25) is 0 Å². The van der Waals surface area contributed by atoms with Crippen LogP contribution in [0, 0.1) is 0 Å². The summed E-state index contributed by atoms with van der Waals surface area (Å²) >= 11 is 0. The van der Waals surface area contributed by atoms with E-state index in [-0.39, 0.29) is 11.4 Å². The van der Waals surface area contributed by atoms with E-state index < -0.39 is 10.8 Å². The number of hydrogen-bond donors (Lipinski definition) is 1. The molecule has 5 heteroatoms. The van der Waals surface area contributed by atoms with E-state index in [4.69, 9.17) is 15.2 Å². The summed E-state index contributed by atoms with van der Waals surface area (Å²) in [4.78, 5) is 0.692. The molecule has 0 radical (unpaired) electrons. The highest BCUT2D eigenvalue weighted by Gasteiger charge is 2.28. The number of methoxy groups -OCH3 is 1. The molecule has 0 heterocycles. The number of benzene rings is 1. The van der Waals surface area contributed by atoms with Gasteiger partial charge in [-0.1, -0.05) is 0 Å². The van der Waals surface area contributed by atoms with Crippen LogP contribution in [0.5, 0.6) is 5.75 Å². The molecule has 0 saturated heterocycles. The lowest BCUT2D eigenvalue weighted by atomic mass is 9.97. The lowest BCUT2D eigenvalue weighted by Gasteiger charge is -2.27. The van der Waals surface area contributed by atoms with E-state index in [0.29, 0.717) is 17.2 Å². The summed E-state index contributed by atoms with van der Waals surface area (Å²) in [7, 11) is 0.620. The molecule has 1 aromatic rings. The molecule has 112 valence electrons. The summed E-state index contributed by atoms with van der Waals surface area (Å²) in [5.74, 6) is 0.726. The predicted molar refractivity (Wildman–Crippen MR) is 81.5 cm³/mol. The number of nitrogen functional groups attached to an aromatic ring is 1. The van der Waals surface area contributed by atoms with E-state index in [9.17, 15) is 4.21 Å². The van der Waals surface area contributed by atoms with Gasteiger partial charge in [-0.2, -0.15) is 0 Å². The van der Waals surface area contributed by atoms with Crippen molar-refractivity contribution in [2.24, 2.45) is 0 Å². The first kappa shape index (κ1) is 15.3. The first-order chi connectivity index (χ1) is 9.65. The van der Waals surface area contributed by atoms with Gasteiger partial charge < -0.3 is 15.2 Å². The molecule has 3 atom stereocenters. The topological polar surface area (TPSA) is 61.5 Å². The summed E-state index contributed by atoms with van der Waals surface area (Å²) in [6.45, 7) is 2.52. The summed E-state index contributed by atoms with van der Waals surface area (Å²) in [5.41, 5.74) is 6.56. The second kappa shape index (κ2) is 7.09. The zero-order chi connectivity index (χ0) is 14.5.